The zero-order chi connectivity index (χ0) is 12.1. The molecule has 0 unspecified atom stereocenters. The predicted molar refractivity (Wildman–Crippen MR) is 68.8 cm³/mol. The van der Waals surface area contributed by atoms with Crippen LogP contribution >= 0.6 is 15.9 Å². The van der Waals surface area contributed by atoms with Crippen LogP contribution in [0.25, 0.3) is 0 Å². The highest BCUT2D eigenvalue weighted by Crippen LogP contribution is 2.16. The average molecular weight is 291 g/mol. The van der Waals surface area contributed by atoms with Crippen molar-refractivity contribution in [2.24, 2.45) is 0 Å². The van der Waals surface area contributed by atoms with E-state index in [-0.39, 0.29) is 0 Å². The average Bonchev–Trinajstić information content (AvgIpc) is 2.79. The van der Waals surface area contributed by atoms with Gasteiger partial charge in [-0.3, -0.25) is 0 Å². The van der Waals surface area contributed by atoms with Crippen LogP contribution < -0.4 is 4.74 Å². The van der Waals surface area contributed by atoms with Crippen molar-refractivity contribution in [3.63, 3.8) is 0 Å². The van der Waals surface area contributed by atoms with Crippen LogP contribution in [0, 0.1) is 11.3 Å². The van der Waals surface area contributed by atoms with E-state index in [0.29, 0.717) is 18.8 Å². The molecule has 0 saturated heterocycles. The number of nitrogens with zero attached hydrogens (tertiary/aromatic N) is 2. The lowest BCUT2D eigenvalue weighted by Crippen LogP contribution is -2.08. The van der Waals surface area contributed by atoms with Crippen molar-refractivity contribution in [2.45, 2.75) is 6.54 Å². The SMILES string of the molecule is N#Cc1cccn1CCOc1ccc(Br)cc1. The Morgan fingerprint density at radius 1 is 1.24 bits per heavy atom. The Hall–Kier alpha value is -1.73. The van der Waals surface area contributed by atoms with E-state index in [1.54, 1.807) is 6.07 Å². The maximum Gasteiger partial charge on any atom is 0.120 e. The van der Waals surface area contributed by atoms with Crippen molar-refractivity contribution in [1.82, 2.24) is 4.57 Å². The van der Waals surface area contributed by atoms with Crippen molar-refractivity contribution in [3.05, 3.63) is 52.8 Å². The van der Waals surface area contributed by atoms with Crippen LogP contribution in [0.2, 0.25) is 0 Å². The standard InChI is InChI=1S/C13H11BrN2O/c14-11-3-5-13(6-4-11)17-9-8-16-7-1-2-12(16)10-15/h1-7H,8-9H2. The molecule has 0 radical (unpaired) electrons. The highest BCUT2D eigenvalue weighted by atomic mass is 79.9. The molecular formula is C13H11BrN2O. The zero-order valence-corrected chi connectivity index (χ0v) is 10.7. The van der Waals surface area contributed by atoms with E-state index in [0.717, 1.165) is 10.2 Å². The van der Waals surface area contributed by atoms with Gasteiger partial charge in [0.25, 0.3) is 0 Å². The van der Waals surface area contributed by atoms with Crippen molar-refractivity contribution in [2.75, 3.05) is 6.61 Å². The first-order valence-corrected chi connectivity index (χ1v) is 6.02. The molecule has 0 saturated carbocycles. The molecule has 1 aromatic heterocycles. The maximum atomic E-state index is 8.84. The number of ether oxygens (including phenoxy) is 1. The van der Waals surface area contributed by atoms with Gasteiger partial charge in [0.05, 0.1) is 6.54 Å². The van der Waals surface area contributed by atoms with E-state index in [1.165, 1.54) is 0 Å². The molecule has 2 rings (SSSR count). The largest absolute Gasteiger partial charge is 0.492 e. The molecule has 2 aromatic rings. The third kappa shape index (κ3) is 3.11. The van der Waals surface area contributed by atoms with Crippen LogP contribution in [-0.4, -0.2) is 11.2 Å². The number of hydrogen-bond acceptors (Lipinski definition) is 2. The molecule has 0 aliphatic rings. The van der Waals surface area contributed by atoms with E-state index in [1.807, 2.05) is 41.1 Å². The minimum atomic E-state index is 0.547. The molecule has 0 spiro atoms. The Morgan fingerprint density at radius 3 is 2.71 bits per heavy atom. The van der Waals surface area contributed by atoms with Gasteiger partial charge >= 0.3 is 0 Å². The summed E-state index contributed by atoms with van der Waals surface area (Å²) in [7, 11) is 0. The van der Waals surface area contributed by atoms with E-state index in [9.17, 15) is 0 Å². The van der Waals surface area contributed by atoms with Crippen LogP contribution in [0.3, 0.4) is 0 Å². The van der Waals surface area contributed by atoms with Gasteiger partial charge in [0, 0.05) is 10.7 Å². The van der Waals surface area contributed by atoms with Crippen molar-refractivity contribution >= 4 is 15.9 Å². The smallest absolute Gasteiger partial charge is 0.120 e. The maximum absolute atomic E-state index is 8.84. The number of nitriles is 1. The van der Waals surface area contributed by atoms with Gasteiger partial charge in [-0.2, -0.15) is 5.26 Å². The first-order valence-electron chi connectivity index (χ1n) is 5.23. The predicted octanol–water partition coefficient (Wildman–Crippen LogP) is 3.20. The summed E-state index contributed by atoms with van der Waals surface area (Å²) in [5.41, 5.74) is 0.657. The fraction of sp³-hybridized carbons (Fsp3) is 0.154. The molecule has 4 heteroatoms. The topological polar surface area (TPSA) is 38.0 Å². The van der Waals surface area contributed by atoms with Crippen molar-refractivity contribution in [3.8, 4) is 11.8 Å². The molecule has 1 heterocycles. The number of hydrogen-bond donors (Lipinski definition) is 0. The number of benzene rings is 1. The molecule has 0 atom stereocenters. The third-order valence-electron chi connectivity index (χ3n) is 2.36. The van der Waals surface area contributed by atoms with Crippen LogP contribution in [0.15, 0.2) is 47.1 Å². The van der Waals surface area contributed by atoms with Gasteiger partial charge < -0.3 is 9.30 Å². The molecule has 3 nitrogen and oxygen atoms in total. The first-order chi connectivity index (χ1) is 8.29. The zero-order valence-electron chi connectivity index (χ0n) is 9.14. The number of rotatable bonds is 4. The monoisotopic (exact) mass is 290 g/mol. The van der Waals surface area contributed by atoms with Gasteiger partial charge in [0.1, 0.15) is 24.1 Å². The second-order valence-corrected chi connectivity index (χ2v) is 4.42. The summed E-state index contributed by atoms with van der Waals surface area (Å²) in [6.45, 7) is 1.22. The summed E-state index contributed by atoms with van der Waals surface area (Å²) in [6, 6.07) is 13.5. The molecular weight excluding hydrogens is 280 g/mol. The Balaban J connectivity index is 1.88. The second kappa shape index (κ2) is 5.55. The fourth-order valence-corrected chi connectivity index (χ4v) is 1.77. The molecule has 17 heavy (non-hydrogen) atoms. The lowest BCUT2D eigenvalue weighted by molar-refractivity contribution is 0.298. The molecule has 0 amide bonds. The van der Waals surface area contributed by atoms with E-state index in [2.05, 4.69) is 22.0 Å². The lowest BCUT2D eigenvalue weighted by atomic mass is 10.3. The summed E-state index contributed by atoms with van der Waals surface area (Å²) in [5.74, 6) is 0.832. The molecule has 1 aromatic carbocycles. The Bertz CT molecular complexity index is 525. The van der Waals surface area contributed by atoms with Crippen molar-refractivity contribution < 1.29 is 4.74 Å². The first kappa shape index (κ1) is 11.7. The fourth-order valence-electron chi connectivity index (χ4n) is 1.50. The lowest BCUT2D eigenvalue weighted by Gasteiger charge is -2.07. The Morgan fingerprint density at radius 2 is 2.00 bits per heavy atom. The number of halogens is 1. The van der Waals surface area contributed by atoms with Gasteiger partial charge in [-0.1, -0.05) is 15.9 Å². The van der Waals surface area contributed by atoms with E-state index in [4.69, 9.17) is 10.00 Å². The van der Waals surface area contributed by atoms with E-state index < -0.39 is 0 Å². The summed E-state index contributed by atoms with van der Waals surface area (Å²) >= 11 is 3.37. The van der Waals surface area contributed by atoms with Crippen LogP contribution in [0.5, 0.6) is 5.75 Å². The van der Waals surface area contributed by atoms with Gasteiger partial charge in [-0.15, -0.1) is 0 Å². The second-order valence-electron chi connectivity index (χ2n) is 3.50. The molecule has 0 N–H and O–H groups in total. The third-order valence-corrected chi connectivity index (χ3v) is 2.89. The molecule has 0 fully saturated rings. The highest BCUT2D eigenvalue weighted by Gasteiger charge is 1.99. The van der Waals surface area contributed by atoms with Gasteiger partial charge in [-0.05, 0) is 36.4 Å². The highest BCUT2D eigenvalue weighted by molar-refractivity contribution is 9.10. The Kier molecular flexibility index (Phi) is 3.84. The van der Waals surface area contributed by atoms with Gasteiger partial charge in [-0.25, -0.2) is 0 Å². The molecule has 0 aliphatic heterocycles. The van der Waals surface area contributed by atoms with E-state index >= 15 is 0 Å². The molecule has 0 aliphatic carbocycles. The molecule has 86 valence electrons. The summed E-state index contributed by atoms with van der Waals surface area (Å²) in [6.07, 6.45) is 1.88. The van der Waals surface area contributed by atoms with Crippen LogP contribution in [0.4, 0.5) is 0 Å². The summed E-state index contributed by atoms with van der Waals surface area (Å²) in [4.78, 5) is 0. The van der Waals surface area contributed by atoms with Gasteiger partial charge in [0.15, 0.2) is 0 Å². The molecule has 0 bridgehead atoms. The van der Waals surface area contributed by atoms with Gasteiger partial charge in [0.2, 0.25) is 0 Å². The minimum absolute atomic E-state index is 0.547. The minimum Gasteiger partial charge on any atom is -0.492 e. The Labute approximate surface area is 108 Å². The summed E-state index contributed by atoms with van der Waals surface area (Å²) < 4.78 is 8.49. The summed E-state index contributed by atoms with van der Waals surface area (Å²) in [5, 5.41) is 8.84. The quantitative estimate of drug-likeness (QED) is 0.867. The van der Waals surface area contributed by atoms with Crippen LogP contribution in [-0.2, 0) is 6.54 Å². The number of aromatic nitrogens is 1. The van der Waals surface area contributed by atoms with Crippen molar-refractivity contribution in [1.29, 1.82) is 5.26 Å². The normalized spacial score (nSPS) is 9.88. The van der Waals surface area contributed by atoms with Crippen LogP contribution in [0.1, 0.15) is 5.69 Å².